The number of hydrogen-bond acceptors (Lipinski definition) is 4. The number of rotatable bonds is 4. The highest BCUT2D eigenvalue weighted by atomic mass is 32.2. The molecule has 1 atom stereocenters. The fourth-order valence-electron chi connectivity index (χ4n) is 1.43. The Kier molecular flexibility index (Phi) is 3.15. The third-order valence-electron chi connectivity index (χ3n) is 2.10. The average molecular weight is 228 g/mol. The van der Waals surface area contributed by atoms with E-state index in [0.29, 0.717) is 5.75 Å². The highest BCUT2D eigenvalue weighted by molar-refractivity contribution is 7.99. The van der Waals surface area contributed by atoms with Crippen LogP contribution >= 0.6 is 11.8 Å². The van der Waals surface area contributed by atoms with Crippen LogP contribution in [0.5, 0.6) is 5.75 Å². The van der Waals surface area contributed by atoms with Gasteiger partial charge in [0.1, 0.15) is 12.6 Å². The number of aromatic nitrogens is 2. The highest BCUT2D eigenvalue weighted by Crippen LogP contribution is 2.22. The van der Waals surface area contributed by atoms with Crippen LogP contribution in [-0.4, -0.2) is 38.5 Å². The minimum Gasteiger partial charge on any atom is -0.486 e. The zero-order valence-electron chi connectivity index (χ0n) is 8.13. The summed E-state index contributed by atoms with van der Waals surface area (Å²) in [6.07, 6.45) is 4.48. The summed E-state index contributed by atoms with van der Waals surface area (Å²) in [5, 5.41) is 12.5. The summed E-state index contributed by atoms with van der Waals surface area (Å²) in [5.74, 6) is 1.89. The lowest BCUT2D eigenvalue weighted by Gasteiger charge is -2.09. The molecule has 6 heteroatoms. The van der Waals surface area contributed by atoms with Crippen LogP contribution in [-0.2, 0) is 11.3 Å². The number of nitrogens with zero attached hydrogens (tertiary/aromatic N) is 2. The monoisotopic (exact) mass is 228 g/mol. The maximum Gasteiger partial charge on any atom is 0.325 e. The predicted octanol–water partition coefficient (Wildman–Crippen LogP) is 0.852. The molecule has 2 rings (SSSR count). The van der Waals surface area contributed by atoms with Gasteiger partial charge in [-0.3, -0.25) is 9.48 Å². The number of carboxylic acid groups (broad SMARTS) is 1. The van der Waals surface area contributed by atoms with Crippen LogP contribution in [0.2, 0.25) is 0 Å². The van der Waals surface area contributed by atoms with Crippen molar-refractivity contribution in [2.45, 2.75) is 19.1 Å². The molecule has 1 fully saturated rings. The van der Waals surface area contributed by atoms with Crippen LogP contribution in [0, 0.1) is 0 Å². The third-order valence-corrected chi connectivity index (χ3v) is 3.23. The summed E-state index contributed by atoms with van der Waals surface area (Å²) in [6.45, 7) is -0.122. The average Bonchev–Trinajstić information content (AvgIpc) is 2.77. The molecule has 0 saturated carbocycles. The fourth-order valence-corrected chi connectivity index (χ4v) is 2.52. The number of aliphatic carboxylic acids is 1. The molecule has 15 heavy (non-hydrogen) atoms. The van der Waals surface area contributed by atoms with E-state index in [1.807, 2.05) is 11.8 Å². The van der Waals surface area contributed by atoms with Crippen LogP contribution < -0.4 is 4.74 Å². The topological polar surface area (TPSA) is 64.3 Å². The van der Waals surface area contributed by atoms with Crippen molar-refractivity contribution in [1.29, 1.82) is 0 Å². The predicted molar refractivity (Wildman–Crippen MR) is 56.2 cm³/mol. The molecule has 0 amide bonds. The number of carbonyl (C=O) groups is 1. The van der Waals surface area contributed by atoms with Crippen molar-refractivity contribution in [3.8, 4) is 5.75 Å². The minimum absolute atomic E-state index is 0.122. The van der Waals surface area contributed by atoms with E-state index in [4.69, 9.17) is 9.84 Å². The van der Waals surface area contributed by atoms with Gasteiger partial charge in [-0.25, -0.2) is 0 Å². The molecule has 0 bridgehead atoms. The normalized spacial score (nSPS) is 20.4. The van der Waals surface area contributed by atoms with Gasteiger partial charge in [0.05, 0.1) is 12.4 Å². The molecule has 82 valence electrons. The van der Waals surface area contributed by atoms with Gasteiger partial charge in [-0.2, -0.15) is 16.9 Å². The largest absolute Gasteiger partial charge is 0.486 e. The van der Waals surface area contributed by atoms with Crippen molar-refractivity contribution >= 4 is 17.7 Å². The van der Waals surface area contributed by atoms with E-state index in [2.05, 4.69) is 5.10 Å². The maximum absolute atomic E-state index is 10.4. The smallest absolute Gasteiger partial charge is 0.325 e. The number of carboxylic acids is 1. The van der Waals surface area contributed by atoms with E-state index in [1.54, 1.807) is 12.4 Å². The molecule has 1 saturated heterocycles. The lowest BCUT2D eigenvalue weighted by molar-refractivity contribution is -0.137. The van der Waals surface area contributed by atoms with Gasteiger partial charge in [0.25, 0.3) is 0 Å². The Morgan fingerprint density at radius 1 is 1.80 bits per heavy atom. The van der Waals surface area contributed by atoms with Crippen molar-refractivity contribution in [1.82, 2.24) is 9.78 Å². The van der Waals surface area contributed by atoms with E-state index in [1.165, 1.54) is 4.68 Å². The van der Waals surface area contributed by atoms with Gasteiger partial charge in [-0.1, -0.05) is 0 Å². The molecule has 2 heterocycles. The van der Waals surface area contributed by atoms with E-state index in [9.17, 15) is 4.79 Å². The Bertz CT molecular complexity index is 347. The molecule has 0 aromatic carbocycles. The number of ether oxygens (including phenoxy) is 1. The molecule has 0 aliphatic carbocycles. The standard InChI is InChI=1S/C9H12N2O3S/c12-9(13)5-11-4-8(3-10-11)14-7-1-2-15-6-7/h3-4,7H,1-2,5-6H2,(H,12,13). The Morgan fingerprint density at radius 2 is 2.67 bits per heavy atom. The first kappa shape index (κ1) is 10.4. The second-order valence-electron chi connectivity index (χ2n) is 3.37. The highest BCUT2D eigenvalue weighted by Gasteiger charge is 2.17. The molecule has 1 aliphatic heterocycles. The van der Waals surface area contributed by atoms with Crippen LogP contribution in [0.25, 0.3) is 0 Å². The Hall–Kier alpha value is -1.17. The second-order valence-corrected chi connectivity index (χ2v) is 4.52. The lowest BCUT2D eigenvalue weighted by Crippen LogP contribution is -2.14. The van der Waals surface area contributed by atoms with Crippen molar-refractivity contribution in [2.24, 2.45) is 0 Å². The first-order valence-corrected chi connectivity index (χ1v) is 5.88. The van der Waals surface area contributed by atoms with Gasteiger partial charge >= 0.3 is 5.97 Å². The van der Waals surface area contributed by atoms with Crippen LogP contribution in [0.15, 0.2) is 12.4 Å². The van der Waals surface area contributed by atoms with E-state index >= 15 is 0 Å². The van der Waals surface area contributed by atoms with Gasteiger partial charge in [0.15, 0.2) is 5.75 Å². The van der Waals surface area contributed by atoms with Gasteiger partial charge in [-0.15, -0.1) is 0 Å². The summed E-state index contributed by atoms with van der Waals surface area (Å²) in [4.78, 5) is 10.4. The molecule has 1 aromatic heterocycles. The molecular formula is C9H12N2O3S. The zero-order valence-corrected chi connectivity index (χ0v) is 8.94. The Balaban J connectivity index is 1.91. The van der Waals surface area contributed by atoms with Gasteiger partial charge in [0.2, 0.25) is 0 Å². The molecule has 1 aliphatic rings. The van der Waals surface area contributed by atoms with Crippen molar-refractivity contribution in [3.63, 3.8) is 0 Å². The second kappa shape index (κ2) is 4.57. The summed E-state index contributed by atoms with van der Waals surface area (Å²) in [6, 6.07) is 0. The fraction of sp³-hybridized carbons (Fsp3) is 0.556. The molecule has 1 aromatic rings. The van der Waals surface area contributed by atoms with Crippen LogP contribution in [0.1, 0.15) is 6.42 Å². The summed E-state index contributed by atoms with van der Waals surface area (Å²) in [7, 11) is 0. The third kappa shape index (κ3) is 2.89. The molecule has 1 unspecified atom stereocenters. The van der Waals surface area contributed by atoms with Gasteiger partial charge < -0.3 is 9.84 Å². The lowest BCUT2D eigenvalue weighted by atomic mass is 10.3. The summed E-state index contributed by atoms with van der Waals surface area (Å²) in [5.41, 5.74) is 0. The molecule has 0 radical (unpaired) electrons. The molecule has 0 spiro atoms. The first-order valence-electron chi connectivity index (χ1n) is 4.72. The quantitative estimate of drug-likeness (QED) is 0.827. The zero-order chi connectivity index (χ0) is 10.7. The van der Waals surface area contributed by atoms with E-state index in [0.717, 1.165) is 17.9 Å². The number of hydrogen-bond donors (Lipinski definition) is 1. The summed E-state index contributed by atoms with van der Waals surface area (Å²) < 4.78 is 7.00. The maximum atomic E-state index is 10.4. The molecular weight excluding hydrogens is 216 g/mol. The Morgan fingerprint density at radius 3 is 3.33 bits per heavy atom. The van der Waals surface area contributed by atoms with E-state index in [-0.39, 0.29) is 12.6 Å². The van der Waals surface area contributed by atoms with Crippen molar-refractivity contribution in [2.75, 3.05) is 11.5 Å². The summed E-state index contributed by atoms with van der Waals surface area (Å²) >= 11 is 1.87. The van der Waals surface area contributed by atoms with Crippen molar-refractivity contribution < 1.29 is 14.6 Å². The molecule has 1 N–H and O–H groups in total. The van der Waals surface area contributed by atoms with E-state index < -0.39 is 5.97 Å². The Labute approximate surface area is 91.4 Å². The number of thioether (sulfide) groups is 1. The van der Waals surface area contributed by atoms with Crippen LogP contribution in [0.4, 0.5) is 0 Å². The van der Waals surface area contributed by atoms with Gasteiger partial charge in [-0.05, 0) is 12.2 Å². The SMILES string of the molecule is O=C(O)Cn1cc(OC2CCSC2)cn1. The van der Waals surface area contributed by atoms with Crippen molar-refractivity contribution in [3.05, 3.63) is 12.4 Å². The van der Waals surface area contributed by atoms with Crippen LogP contribution in [0.3, 0.4) is 0 Å². The van der Waals surface area contributed by atoms with Gasteiger partial charge in [0, 0.05) is 5.75 Å². The molecule has 5 nitrogen and oxygen atoms in total. The minimum atomic E-state index is -0.902. The first-order chi connectivity index (χ1) is 7.24.